The summed E-state index contributed by atoms with van der Waals surface area (Å²) in [5.74, 6) is -0.210. The lowest BCUT2D eigenvalue weighted by molar-refractivity contribution is -0.121. The number of alkyl halides is 3. The number of halogens is 4. The molecule has 0 aliphatic rings. The highest BCUT2D eigenvalue weighted by atomic mass is 35.5. The third kappa shape index (κ3) is 9.95. The lowest BCUT2D eigenvalue weighted by atomic mass is 10.1. The highest BCUT2D eigenvalue weighted by Crippen LogP contribution is 2.17. The summed E-state index contributed by atoms with van der Waals surface area (Å²) < 4.78 is 61.2. The second-order valence-electron chi connectivity index (χ2n) is 5.47. The first-order valence-electron chi connectivity index (χ1n) is 7.80. The van der Waals surface area contributed by atoms with Crippen LogP contribution in [0.5, 0.6) is 0 Å². The molecule has 0 spiro atoms. The number of unbranched alkanes of at least 4 members (excludes halogenated alkanes) is 3. The van der Waals surface area contributed by atoms with Crippen molar-refractivity contribution >= 4 is 34.0 Å². The standard InChI is InChI=1S/C15H22F3N3O3S.ClH/c16-15(17,18)11-20-25(23,24)13-8-6-12(7-9-13)21-14(22)5-3-1-2-4-10-19;/h6-9,20H,1-5,10-11,19H2,(H,21,22);1H. The molecule has 1 aromatic carbocycles. The molecule has 0 heterocycles. The fourth-order valence-electron chi connectivity index (χ4n) is 1.98. The SMILES string of the molecule is Cl.NCCCCCCC(=O)Nc1ccc(S(=O)(=O)NCC(F)(F)F)cc1. The Morgan fingerprint density at radius 1 is 1.04 bits per heavy atom. The molecule has 0 atom stereocenters. The molecule has 1 rings (SSSR count). The van der Waals surface area contributed by atoms with E-state index in [1.807, 2.05) is 0 Å². The quantitative estimate of drug-likeness (QED) is 0.509. The number of anilines is 1. The minimum absolute atomic E-state index is 0. The fraction of sp³-hybridized carbons (Fsp3) is 0.533. The average molecular weight is 418 g/mol. The molecule has 0 aliphatic heterocycles. The Bertz CT molecular complexity index is 652. The first kappa shape index (κ1) is 24.6. The third-order valence-corrected chi connectivity index (χ3v) is 4.69. The van der Waals surface area contributed by atoms with Crippen molar-refractivity contribution in [2.24, 2.45) is 5.73 Å². The Hall–Kier alpha value is -1.36. The van der Waals surface area contributed by atoms with Crippen molar-refractivity contribution in [3.05, 3.63) is 24.3 Å². The van der Waals surface area contributed by atoms with Gasteiger partial charge >= 0.3 is 6.18 Å². The van der Waals surface area contributed by atoms with Crippen LogP contribution in [0.4, 0.5) is 18.9 Å². The van der Waals surface area contributed by atoms with E-state index < -0.39 is 22.7 Å². The third-order valence-electron chi connectivity index (χ3n) is 3.27. The van der Waals surface area contributed by atoms with Gasteiger partial charge in [-0.15, -0.1) is 12.4 Å². The summed E-state index contributed by atoms with van der Waals surface area (Å²) in [7, 11) is -4.25. The van der Waals surface area contributed by atoms with Crippen molar-refractivity contribution in [2.75, 3.05) is 18.4 Å². The predicted octanol–water partition coefficient (Wildman–Crippen LogP) is 2.80. The molecule has 26 heavy (non-hydrogen) atoms. The van der Waals surface area contributed by atoms with Gasteiger partial charge in [0.1, 0.15) is 6.54 Å². The molecule has 1 aromatic rings. The number of carbonyl (C=O) groups excluding carboxylic acids is 1. The second kappa shape index (κ2) is 11.4. The number of nitrogens with two attached hydrogens (primary N) is 1. The zero-order valence-corrected chi connectivity index (χ0v) is 15.6. The van der Waals surface area contributed by atoms with Crippen LogP contribution in [-0.4, -0.2) is 33.6 Å². The Morgan fingerprint density at radius 3 is 2.15 bits per heavy atom. The molecule has 0 aliphatic carbocycles. The number of hydrogen-bond donors (Lipinski definition) is 3. The van der Waals surface area contributed by atoms with Crippen LogP contribution < -0.4 is 15.8 Å². The van der Waals surface area contributed by atoms with Crippen LogP contribution in [0, 0.1) is 0 Å². The van der Waals surface area contributed by atoms with Gasteiger partial charge in [-0.2, -0.15) is 13.2 Å². The van der Waals surface area contributed by atoms with E-state index in [0.717, 1.165) is 37.8 Å². The summed E-state index contributed by atoms with van der Waals surface area (Å²) in [6.07, 6.45) is -0.809. The Kier molecular flexibility index (Phi) is 10.8. The molecule has 0 saturated heterocycles. The summed E-state index contributed by atoms with van der Waals surface area (Å²) in [6, 6.07) is 4.92. The van der Waals surface area contributed by atoms with E-state index in [1.165, 1.54) is 16.9 Å². The van der Waals surface area contributed by atoms with Gasteiger partial charge in [0.15, 0.2) is 0 Å². The Morgan fingerprint density at radius 2 is 1.62 bits per heavy atom. The van der Waals surface area contributed by atoms with E-state index in [9.17, 15) is 26.4 Å². The molecule has 11 heteroatoms. The summed E-state index contributed by atoms with van der Waals surface area (Å²) in [4.78, 5) is 11.4. The number of hydrogen-bond acceptors (Lipinski definition) is 4. The van der Waals surface area contributed by atoms with Gasteiger partial charge in [0.25, 0.3) is 0 Å². The van der Waals surface area contributed by atoms with Gasteiger partial charge in [-0.05, 0) is 43.7 Å². The van der Waals surface area contributed by atoms with Gasteiger partial charge in [0.2, 0.25) is 15.9 Å². The van der Waals surface area contributed by atoms with Crippen molar-refractivity contribution in [2.45, 2.75) is 43.2 Å². The summed E-state index contributed by atoms with van der Waals surface area (Å²) in [6.45, 7) is -1.02. The first-order chi connectivity index (χ1) is 11.6. The highest BCUT2D eigenvalue weighted by Gasteiger charge is 2.30. The molecule has 0 bridgehead atoms. The molecule has 150 valence electrons. The van der Waals surface area contributed by atoms with Crippen LogP contribution in [0.3, 0.4) is 0 Å². The van der Waals surface area contributed by atoms with Gasteiger partial charge < -0.3 is 11.1 Å². The number of benzene rings is 1. The molecular weight excluding hydrogens is 395 g/mol. The Labute approximate surface area is 157 Å². The molecule has 4 N–H and O–H groups in total. The number of rotatable bonds is 10. The van der Waals surface area contributed by atoms with Gasteiger partial charge in [-0.3, -0.25) is 4.79 Å². The first-order valence-corrected chi connectivity index (χ1v) is 9.29. The van der Waals surface area contributed by atoms with E-state index in [1.54, 1.807) is 0 Å². The van der Waals surface area contributed by atoms with Gasteiger partial charge in [0, 0.05) is 12.1 Å². The van der Waals surface area contributed by atoms with Crippen LogP contribution in [0.15, 0.2) is 29.2 Å². The summed E-state index contributed by atoms with van der Waals surface area (Å²) >= 11 is 0. The van der Waals surface area contributed by atoms with Gasteiger partial charge in [-0.1, -0.05) is 12.8 Å². The number of carbonyl (C=O) groups is 1. The average Bonchev–Trinajstić information content (AvgIpc) is 2.53. The maximum Gasteiger partial charge on any atom is 0.402 e. The van der Waals surface area contributed by atoms with E-state index >= 15 is 0 Å². The minimum atomic E-state index is -4.63. The van der Waals surface area contributed by atoms with Gasteiger partial charge in [-0.25, -0.2) is 13.1 Å². The van der Waals surface area contributed by atoms with Crippen molar-refractivity contribution in [3.63, 3.8) is 0 Å². The Balaban J connectivity index is 0.00000625. The molecular formula is C15H23ClF3N3O3S. The van der Waals surface area contributed by atoms with Crippen molar-refractivity contribution in [1.82, 2.24) is 4.72 Å². The van der Waals surface area contributed by atoms with E-state index in [0.29, 0.717) is 18.7 Å². The normalized spacial score (nSPS) is 11.7. The van der Waals surface area contributed by atoms with Crippen molar-refractivity contribution in [1.29, 1.82) is 0 Å². The smallest absolute Gasteiger partial charge is 0.330 e. The molecule has 0 radical (unpaired) electrons. The van der Waals surface area contributed by atoms with Crippen molar-refractivity contribution in [3.8, 4) is 0 Å². The molecule has 1 amide bonds. The maximum atomic E-state index is 12.1. The summed E-state index contributed by atoms with van der Waals surface area (Å²) in [5, 5.41) is 2.61. The van der Waals surface area contributed by atoms with Crippen LogP contribution >= 0.6 is 12.4 Å². The monoisotopic (exact) mass is 417 g/mol. The zero-order valence-electron chi connectivity index (χ0n) is 14.0. The molecule has 0 unspecified atom stereocenters. The highest BCUT2D eigenvalue weighted by molar-refractivity contribution is 7.89. The second-order valence-corrected chi connectivity index (χ2v) is 7.23. The maximum absolute atomic E-state index is 12.1. The topological polar surface area (TPSA) is 101 Å². The lowest BCUT2D eigenvalue weighted by Gasteiger charge is -2.10. The molecule has 0 fully saturated rings. The van der Waals surface area contributed by atoms with Crippen LogP contribution in [0.1, 0.15) is 32.1 Å². The molecule has 0 aromatic heterocycles. The minimum Gasteiger partial charge on any atom is -0.330 e. The largest absolute Gasteiger partial charge is 0.402 e. The number of amides is 1. The molecule has 0 saturated carbocycles. The van der Waals surface area contributed by atoms with Crippen LogP contribution in [0.25, 0.3) is 0 Å². The summed E-state index contributed by atoms with van der Waals surface area (Å²) in [5.41, 5.74) is 5.75. The van der Waals surface area contributed by atoms with Crippen LogP contribution in [-0.2, 0) is 14.8 Å². The van der Waals surface area contributed by atoms with E-state index in [-0.39, 0.29) is 23.2 Å². The number of sulfonamides is 1. The van der Waals surface area contributed by atoms with E-state index in [2.05, 4.69) is 5.32 Å². The zero-order chi connectivity index (χ0) is 18.9. The predicted molar refractivity (Wildman–Crippen MR) is 95.7 cm³/mol. The van der Waals surface area contributed by atoms with Crippen molar-refractivity contribution < 1.29 is 26.4 Å². The lowest BCUT2D eigenvalue weighted by Crippen LogP contribution is -2.33. The van der Waals surface area contributed by atoms with E-state index in [4.69, 9.17) is 5.73 Å². The fourth-order valence-corrected chi connectivity index (χ4v) is 3.00. The van der Waals surface area contributed by atoms with Gasteiger partial charge in [0.05, 0.1) is 4.90 Å². The van der Waals surface area contributed by atoms with Crippen LogP contribution in [0.2, 0.25) is 0 Å². The molecule has 6 nitrogen and oxygen atoms in total. The number of nitrogens with one attached hydrogen (secondary N) is 2.